The minimum Gasteiger partial charge on any atom is -0.447 e. The van der Waals surface area contributed by atoms with E-state index in [4.69, 9.17) is 16.3 Å². The number of carbonyl (C=O) groups is 4. The Labute approximate surface area is 254 Å². The Bertz CT molecular complexity index is 1520. The summed E-state index contributed by atoms with van der Waals surface area (Å²) in [5, 5.41) is 2.15. The van der Waals surface area contributed by atoms with Crippen molar-refractivity contribution < 1.29 is 41.5 Å². The lowest BCUT2D eigenvalue weighted by Crippen LogP contribution is -2.42. The zero-order chi connectivity index (χ0) is 32.0. The fourth-order valence-corrected chi connectivity index (χ4v) is 4.85. The molecule has 4 rings (SSSR count). The predicted molar refractivity (Wildman–Crippen MR) is 152 cm³/mol. The number of likely N-dealkylation sites (N-methyl/N-ethyl adjacent to an activating group) is 1. The molecule has 14 heteroatoms. The number of amides is 4. The molecule has 0 aliphatic carbocycles. The van der Waals surface area contributed by atoms with E-state index in [0.717, 1.165) is 17.0 Å². The summed E-state index contributed by atoms with van der Waals surface area (Å²) in [7, 11) is 1.49. The average molecular weight is 635 g/mol. The third-order valence-corrected chi connectivity index (χ3v) is 7.53. The smallest absolute Gasteiger partial charge is 0.417 e. The number of rotatable bonds is 11. The number of hydrogen-bond donors (Lipinski definition) is 1. The van der Waals surface area contributed by atoms with Crippen LogP contribution in [0.4, 0.5) is 28.2 Å². The first-order valence-electron chi connectivity index (χ1n) is 13.5. The molecular weight excluding hydrogens is 608 g/mol. The maximum atomic E-state index is 13.8. The van der Waals surface area contributed by atoms with E-state index in [1.54, 1.807) is 30.3 Å². The number of ether oxygens (including phenoxy) is 1. The highest BCUT2D eigenvalue weighted by molar-refractivity contribution is 6.31. The molecule has 0 saturated heterocycles. The van der Waals surface area contributed by atoms with Crippen LogP contribution in [0.2, 0.25) is 5.02 Å². The first-order valence-corrected chi connectivity index (χ1v) is 13.9. The molecule has 1 aliphatic heterocycles. The van der Waals surface area contributed by atoms with Crippen molar-refractivity contribution in [3.8, 4) is 0 Å². The van der Waals surface area contributed by atoms with Crippen LogP contribution in [-0.4, -0.2) is 64.8 Å². The van der Waals surface area contributed by atoms with Gasteiger partial charge < -0.3 is 9.64 Å². The third-order valence-electron chi connectivity index (χ3n) is 7.11. The van der Waals surface area contributed by atoms with Crippen LogP contribution >= 0.6 is 11.6 Å². The second-order valence-electron chi connectivity index (χ2n) is 9.97. The van der Waals surface area contributed by atoms with Gasteiger partial charge in [-0.15, -0.1) is 0 Å². The molecule has 232 valence electrons. The van der Waals surface area contributed by atoms with Gasteiger partial charge in [-0.1, -0.05) is 35.9 Å². The molecule has 1 N–H and O–H groups in total. The van der Waals surface area contributed by atoms with Crippen molar-refractivity contribution in [2.45, 2.75) is 37.9 Å². The monoisotopic (exact) mass is 634 g/mol. The summed E-state index contributed by atoms with van der Waals surface area (Å²) >= 11 is 6.00. The Morgan fingerprint density at radius 2 is 1.73 bits per heavy atom. The summed E-state index contributed by atoms with van der Waals surface area (Å²) in [6, 6.07) is 11.7. The molecule has 0 fully saturated rings. The average Bonchev–Trinajstić information content (AvgIpc) is 3.23. The van der Waals surface area contributed by atoms with E-state index in [1.165, 1.54) is 24.1 Å². The van der Waals surface area contributed by atoms with Crippen molar-refractivity contribution in [3.63, 3.8) is 0 Å². The maximum Gasteiger partial charge on any atom is 0.417 e. The SMILES string of the molecule is CN(C(=O)CCc1cccc(F)c1Cl)[C@@H](CCCN1C(=O)c2ccccc2C1=O)COC(=O)Nc1ccc(C(F)(F)F)cn1. The molecule has 44 heavy (non-hydrogen) atoms. The molecule has 4 amide bonds. The molecule has 0 bridgehead atoms. The molecule has 2 aromatic carbocycles. The zero-order valence-corrected chi connectivity index (χ0v) is 24.1. The van der Waals surface area contributed by atoms with Gasteiger partial charge in [0.05, 0.1) is 27.8 Å². The molecule has 9 nitrogen and oxygen atoms in total. The quantitative estimate of drug-likeness (QED) is 0.205. The summed E-state index contributed by atoms with van der Waals surface area (Å²) < 4.78 is 57.4. The van der Waals surface area contributed by atoms with E-state index >= 15 is 0 Å². The molecule has 0 radical (unpaired) electrons. The van der Waals surface area contributed by atoms with Crippen molar-refractivity contribution in [1.82, 2.24) is 14.8 Å². The van der Waals surface area contributed by atoms with Gasteiger partial charge in [0, 0.05) is 26.2 Å². The number of imide groups is 1. The molecule has 3 aromatic rings. The second kappa shape index (κ2) is 13.8. The number of aryl methyl sites for hydroxylation is 1. The molecule has 0 unspecified atom stereocenters. The molecule has 1 atom stereocenters. The number of fused-ring (bicyclic) bond motifs is 1. The number of benzene rings is 2. The highest BCUT2D eigenvalue weighted by Crippen LogP contribution is 2.29. The molecule has 0 spiro atoms. The van der Waals surface area contributed by atoms with Gasteiger partial charge in [-0.3, -0.25) is 24.6 Å². The molecular formula is C30H27ClF4N4O5. The van der Waals surface area contributed by atoms with Crippen LogP contribution in [0.5, 0.6) is 0 Å². The number of alkyl halides is 3. The number of carbonyl (C=O) groups excluding carboxylic acids is 4. The molecule has 2 heterocycles. The maximum absolute atomic E-state index is 13.8. The highest BCUT2D eigenvalue weighted by atomic mass is 35.5. The van der Waals surface area contributed by atoms with E-state index in [-0.39, 0.29) is 55.6 Å². The Morgan fingerprint density at radius 1 is 1.05 bits per heavy atom. The first-order chi connectivity index (χ1) is 20.9. The van der Waals surface area contributed by atoms with Gasteiger partial charge in [-0.25, -0.2) is 14.2 Å². The van der Waals surface area contributed by atoms with Gasteiger partial charge >= 0.3 is 12.3 Å². The largest absolute Gasteiger partial charge is 0.447 e. The Balaban J connectivity index is 1.39. The fourth-order valence-electron chi connectivity index (χ4n) is 4.63. The van der Waals surface area contributed by atoms with E-state index in [0.29, 0.717) is 22.9 Å². The van der Waals surface area contributed by atoms with E-state index in [9.17, 15) is 36.7 Å². The normalized spacial score (nSPS) is 13.5. The summed E-state index contributed by atoms with van der Waals surface area (Å²) in [6.45, 7) is -0.275. The van der Waals surface area contributed by atoms with Crippen LogP contribution in [0.3, 0.4) is 0 Å². The standard InChI is InChI=1S/C30H27ClF4N4O5/c1-38(25(40)14-11-18-6-4-10-23(32)26(18)31)20(7-5-15-39-27(41)21-8-2-3-9-22(21)28(39)42)17-44-29(43)37-24-13-12-19(16-36-24)30(33,34)35/h2-4,6,8-10,12-13,16,20H,5,7,11,14-15,17H2,1H3,(H,36,37,43)/t20-/m0/s1. The van der Waals surface area contributed by atoms with Gasteiger partial charge in [-0.05, 0) is 55.2 Å². The van der Waals surface area contributed by atoms with Gasteiger partial charge in [-0.2, -0.15) is 13.2 Å². The van der Waals surface area contributed by atoms with E-state index in [2.05, 4.69) is 10.3 Å². The number of aromatic nitrogens is 1. The fraction of sp³-hybridized carbons (Fsp3) is 0.300. The van der Waals surface area contributed by atoms with E-state index < -0.39 is 41.5 Å². The zero-order valence-electron chi connectivity index (χ0n) is 23.4. The second-order valence-corrected chi connectivity index (χ2v) is 10.4. The third kappa shape index (κ3) is 7.70. The van der Waals surface area contributed by atoms with Crippen molar-refractivity contribution in [2.75, 3.05) is 25.5 Å². The molecule has 0 saturated carbocycles. The minimum absolute atomic E-state index is 0.0454. The van der Waals surface area contributed by atoms with E-state index in [1.807, 2.05) is 0 Å². The lowest BCUT2D eigenvalue weighted by atomic mass is 10.1. The number of halogens is 5. The number of nitrogens with zero attached hydrogens (tertiary/aromatic N) is 3. The lowest BCUT2D eigenvalue weighted by molar-refractivity contribution is -0.137. The summed E-state index contributed by atoms with van der Waals surface area (Å²) in [6.07, 6.45) is -4.48. The highest BCUT2D eigenvalue weighted by Gasteiger charge is 2.35. The van der Waals surface area contributed by atoms with Crippen LogP contribution < -0.4 is 5.32 Å². The molecule has 1 aliphatic rings. The van der Waals surface area contributed by atoms with Crippen LogP contribution in [0.1, 0.15) is 51.1 Å². The first kappa shape index (κ1) is 32.4. The number of hydrogen-bond acceptors (Lipinski definition) is 6. The number of anilines is 1. The van der Waals surface area contributed by atoms with Crippen molar-refractivity contribution in [2.24, 2.45) is 0 Å². The summed E-state index contributed by atoms with van der Waals surface area (Å²) in [5.41, 5.74) is 0.0490. The van der Waals surface area contributed by atoms with Crippen LogP contribution in [0.15, 0.2) is 60.8 Å². The topological polar surface area (TPSA) is 109 Å². The van der Waals surface area contributed by atoms with Gasteiger partial charge in [0.25, 0.3) is 11.8 Å². The van der Waals surface area contributed by atoms with Gasteiger partial charge in [0.2, 0.25) is 5.91 Å². The number of nitrogens with one attached hydrogen (secondary N) is 1. The Hall–Kier alpha value is -4.52. The molecule has 1 aromatic heterocycles. The summed E-state index contributed by atoms with van der Waals surface area (Å²) in [5.74, 6) is -2.03. The lowest BCUT2D eigenvalue weighted by Gasteiger charge is -2.28. The number of pyridine rings is 1. The van der Waals surface area contributed by atoms with Gasteiger partial charge in [0.1, 0.15) is 18.2 Å². The van der Waals surface area contributed by atoms with Gasteiger partial charge in [0.15, 0.2) is 0 Å². The van der Waals surface area contributed by atoms with Crippen LogP contribution in [0, 0.1) is 5.82 Å². The summed E-state index contributed by atoms with van der Waals surface area (Å²) in [4.78, 5) is 57.0. The van der Waals surface area contributed by atoms with Crippen LogP contribution in [0.25, 0.3) is 0 Å². The Kier molecular flexibility index (Phi) is 10.2. The predicted octanol–water partition coefficient (Wildman–Crippen LogP) is 5.98. The Morgan fingerprint density at radius 3 is 2.34 bits per heavy atom. The van der Waals surface area contributed by atoms with Crippen LogP contribution in [-0.2, 0) is 22.1 Å². The van der Waals surface area contributed by atoms with Crippen molar-refractivity contribution >= 4 is 41.2 Å². The minimum atomic E-state index is -4.59. The van der Waals surface area contributed by atoms with Crippen molar-refractivity contribution in [3.05, 3.63) is 93.9 Å². The van der Waals surface area contributed by atoms with Crippen molar-refractivity contribution in [1.29, 1.82) is 0 Å².